The number of hydrogen-bond donors (Lipinski definition) is 1. The topological polar surface area (TPSA) is 63.3 Å². The van der Waals surface area contributed by atoms with Gasteiger partial charge in [0, 0.05) is 0 Å². The molecule has 0 atom stereocenters. The average molecular weight is 181 g/mol. The van der Waals surface area contributed by atoms with Crippen LogP contribution in [0.15, 0.2) is 22.9 Å². The highest BCUT2D eigenvalue weighted by Gasteiger charge is 2.13. The van der Waals surface area contributed by atoms with Gasteiger partial charge >= 0.3 is 5.97 Å². The minimum atomic E-state index is -1.16. The summed E-state index contributed by atoms with van der Waals surface area (Å²) in [7, 11) is 0. The van der Waals surface area contributed by atoms with Gasteiger partial charge in [0.2, 0.25) is 5.71 Å². The number of carboxylic acid groups (broad SMARTS) is 1. The van der Waals surface area contributed by atoms with E-state index in [1.807, 2.05) is 0 Å². The van der Waals surface area contributed by atoms with Crippen LogP contribution in [0.4, 0.5) is 4.39 Å². The molecule has 1 N–H and O–H groups in total. The van der Waals surface area contributed by atoms with Gasteiger partial charge in [-0.3, -0.25) is 0 Å². The van der Waals surface area contributed by atoms with E-state index in [4.69, 9.17) is 9.52 Å². The maximum absolute atomic E-state index is 12.7. The number of hydrogen-bond acceptors (Lipinski definition) is 3. The fourth-order valence-electron chi connectivity index (χ4n) is 1.06. The third-order valence-corrected chi connectivity index (χ3v) is 1.63. The second-order valence-corrected chi connectivity index (χ2v) is 2.46. The van der Waals surface area contributed by atoms with Crippen LogP contribution in [-0.2, 0) is 0 Å². The van der Waals surface area contributed by atoms with Crippen LogP contribution < -0.4 is 0 Å². The maximum Gasteiger partial charge on any atom is 0.339 e. The lowest BCUT2D eigenvalue weighted by molar-refractivity contribution is 0.0698. The molecule has 0 spiro atoms. The van der Waals surface area contributed by atoms with E-state index < -0.39 is 11.8 Å². The Morgan fingerprint density at radius 3 is 3.08 bits per heavy atom. The Morgan fingerprint density at radius 2 is 2.38 bits per heavy atom. The first-order valence-corrected chi connectivity index (χ1v) is 3.44. The first-order valence-electron chi connectivity index (χ1n) is 3.44. The molecular formula is C8H4FNO3. The number of fused-ring (bicyclic) bond motifs is 1. The summed E-state index contributed by atoms with van der Waals surface area (Å²) in [6.07, 6.45) is 2.01. The smallest absolute Gasteiger partial charge is 0.339 e. The molecule has 0 bridgehead atoms. The van der Waals surface area contributed by atoms with Crippen molar-refractivity contribution in [3.8, 4) is 0 Å². The molecule has 0 aliphatic carbocycles. The number of aromatic carboxylic acids is 1. The zero-order valence-corrected chi connectivity index (χ0v) is 6.32. The summed E-state index contributed by atoms with van der Waals surface area (Å²) in [5, 5.41) is 8.83. The van der Waals surface area contributed by atoms with Crippen molar-refractivity contribution >= 4 is 17.1 Å². The maximum atomic E-state index is 12.7. The van der Waals surface area contributed by atoms with Crippen LogP contribution in [-0.4, -0.2) is 16.1 Å². The average Bonchev–Trinajstić information content (AvgIpc) is 2.46. The van der Waals surface area contributed by atoms with Crippen molar-refractivity contribution < 1.29 is 18.7 Å². The van der Waals surface area contributed by atoms with Gasteiger partial charge in [0.05, 0.1) is 11.6 Å². The van der Waals surface area contributed by atoms with Crippen LogP contribution in [0.1, 0.15) is 10.4 Å². The van der Waals surface area contributed by atoms with Gasteiger partial charge in [-0.15, -0.1) is 0 Å². The van der Waals surface area contributed by atoms with E-state index in [-0.39, 0.29) is 16.7 Å². The van der Waals surface area contributed by atoms with Crippen LogP contribution in [0.2, 0.25) is 0 Å². The summed E-state index contributed by atoms with van der Waals surface area (Å²) < 4.78 is 17.5. The molecule has 2 heterocycles. The fourth-order valence-corrected chi connectivity index (χ4v) is 1.06. The molecule has 0 unspecified atom stereocenters. The number of nitrogens with zero attached hydrogens (tertiary/aromatic N) is 1. The summed E-state index contributed by atoms with van der Waals surface area (Å²) in [5.74, 6) is -1.75. The van der Waals surface area contributed by atoms with E-state index in [0.717, 1.165) is 18.5 Å². The number of aromatic nitrogens is 1. The number of furan rings is 1. The number of carbonyl (C=O) groups is 1. The molecule has 13 heavy (non-hydrogen) atoms. The molecule has 0 fully saturated rings. The Morgan fingerprint density at radius 1 is 1.62 bits per heavy atom. The van der Waals surface area contributed by atoms with Crippen molar-refractivity contribution in [3.63, 3.8) is 0 Å². The SMILES string of the molecule is O=C(O)c1coc2ncc(F)cc12. The Balaban J connectivity index is 2.79. The van der Waals surface area contributed by atoms with Crippen molar-refractivity contribution in [2.45, 2.75) is 0 Å². The Labute approximate surface area is 71.6 Å². The monoisotopic (exact) mass is 181 g/mol. The predicted molar refractivity (Wildman–Crippen MR) is 40.9 cm³/mol. The van der Waals surface area contributed by atoms with Crippen LogP contribution >= 0.6 is 0 Å². The molecule has 0 saturated carbocycles. The lowest BCUT2D eigenvalue weighted by Gasteiger charge is -1.89. The molecule has 2 rings (SSSR count). The van der Waals surface area contributed by atoms with Gasteiger partial charge in [0.15, 0.2) is 0 Å². The van der Waals surface area contributed by atoms with Crippen LogP contribution in [0.3, 0.4) is 0 Å². The Hall–Kier alpha value is -1.91. The lowest BCUT2D eigenvalue weighted by atomic mass is 10.2. The lowest BCUT2D eigenvalue weighted by Crippen LogP contribution is -1.93. The van der Waals surface area contributed by atoms with Crippen LogP contribution in [0.5, 0.6) is 0 Å². The Kier molecular flexibility index (Phi) is 1.51. The summed E-state index contributed by atoms with van der Waals surface area (Å²) in [6.45, 7) is 0. The summed E-state index contributed by atoms with van der Waals surface area (Å²) >= 11 is 0. The molecular weight excluding hydrogens is 177 g/mol. The number of carboxylic acids is 1. The van der Waals surface area contributed by atoms with Crippen molar-refractivity contribution in [1.29, 1.82) is 0 Å². The molecule has 2 aromatic heterocycles. The molecule has 2 aromatic rings. The van der Waals surface area contributed by atoms with E-state index in [0.29, 0.717) is 0 Å². The van der Waals surface area contributed by atoms with E-state index in [9.17, 15) is 9.18 Å². The molecule has 4 nitrogen and oxygen atoms in total. The summed E-state index contributed by atoms with van der Waals surface area (Å²) in [4.78, 5) is 14.2. The fraction of sp³-hybridized carbons (Fsp3) is 0. The molecule has 66 valence electrons. The van der Waals surface area contributed by atoms with Crippen LogP contribution in [0, 0.1) is 5.82 Å². The molecule has 0 aromatic carbocycles. The highest BCUT2D eigenvalue weighted by Crippen LogP contribution is 2.19. The molecule has 5 heteroatoms. The first-order chi connectivity index (χ1) is 6.18. The third kappa shape index (κ3) is 1.14. The van der Waals surface area contributed by atoms with Gasteiger partial charge < -0.3 is 9.52 Å². The van der Waals surface area contributed by atoms with Crippen molar-refractivity contribution in [1.82, 2.24) is 4.98 Å². The van der Waals surface area contributed by atoms with E-state index in [2.05, 4.69) is 4.98 Å². The van der Waals surface area contributed by atoms with Crippen molar-refractivity contribution in [2.75, 3.05) is 0 Å². The molecule has 0 aliphatic heterocycles. The Bertz CT molecular complexity index is 477. The zero-order valence-electron chi connectivity index (χ0n) is 6.32. The van der Waals surface area contributed by atoms with E-state index >= 15 is 0 Å². The summed E-state index contributed by atoms with van der Waals surface area (Å²) in [5.41, 5.74) is 0.0424. The van der Waals surface area contributed by atoms with Gasteiger partial charge in [-0.25, -0.2) is 14.2 Å². The number of pyridine rings is 1. The van der Waals surface area contributed by atoms with E-state index in [1.54, 1.807) is 0 Å². The first kappa shape index (κ1) is 7.72. The molecule has 0 amide bonds. The molecule has 0 saturated heterocycles. The highest BCUT2D eigenvalue weighted by atomic mass is 19.1. The van der Waals surface area contributed by atoms with Gasteiger partial charge in [0.25, 0.3) is 0 Å². The zero-order chi connectivity index (χ0) is 9.42. The second-order valence-electron chi connectivity index (χ2n) is 2.46. The van der Waals surface area contributed by atoms with Crippen LogP contribution in [0.25, 0.3) is 11.1 Å². The normalized spacial score (nSPS) is 10.5. The van der Waals surface area contributed by atoms with Gasteiger partial charge in [0.1, 0.15) is 17.6 Å². The van der Waals surface area contributed by atoms with Gasteiger partial charge in [-0.2, -0.15) is 0 Å². The van der Waals surface area contributed by atoms with Crippen molar-refractivity contribution in [2.24, 2.45) is 0 Å². The van der Waals surface area contributed by atoms with Crippen molar-refractivity contribution in [3.05, 3.63) is 29.9 Å². The van der Waals surface area contributed by atoms with E-state index in [1.165, 1.54) is 0 Å². The highest BCUT2D eigenvalue weighted by molar-refractivity contribution is 6.01. The summed E-state index contributed by atoms with van der Waals surface area (Å²) in [6, 6.07) is 1.08. The largest absolute Gasteiger partial charge is 0.478 e. The minimum Gasteiger partial charge on any atom is -0.478 e. The molecule has 0 aliphatic rings. The quantitative estimate of drug-likeness (QED) is 0.726. The number of halogens is 1. The molecule has 0 radical (unpaired) electrons. The third-order valence-electron chi connectivity index (χ3n) is 1.63. The van der Waals surface area contributed by atoms with Gasteiger partial charge in [-0.1, -0.05) is 0 Å². The standard InChI is InChI=1S/C8H4FNO3/c9-4-1-5-6(8(11)12)3-13-7(5)10-2-4/h1-3H,(H,11,12). The predicted octanol–water partition coefficient (Wildman–Crippen LogP) is 1.67. The number of rotatable bonds is 1. The van der Waals surface area contributed by atoms with Gasteiger partial charge in [-0.05, 0) is 6.07 Å². The second kappa shape index (κ2) is 2.55. The minimum absolute atomic E-state index is 0.0815.